The molecule has 68 valence electrons. The molecular formula is C6H6K3O5P. The van der Waals surface area contributed by atoms with Gasteiger partial charge >= 0.3 is 154 Å². The summed E-state index contributed by atoms with van der Waals surface area (Å²) in [6.45, 7) is 0. The van der Waals surface area contributed by atoms with Crippen molar-refractivity contribution in [1.29, 1.82) is 0 Å². The normalized spacial score (nSPS) is 7.93. The van der Waals surface area contributed by atoms with Gasteiger partial charge in [-0.2, -0.15) is 7.82 Å². The van der Waals surface area contributed by atoms with Gasteiger partial charge in [-0.05, 0) is 12.1 Å². The fourth-order valence-corrected chi connectivity index (χ4v) is 0.428. The molecule has 0 bridgehead atoms. The zero-order valence-corrected chi connectivity index (χ0v) is 19.2. The van der Waals surface area contributed by atoms with Gasteiger partial charge in [-0.1, -0.05) is 18.2 Å². The molecule has 1 N–H and O–H groups in total. The van der Waals surface area contributed by atoms with Crippen LogP contribution in [0, 0.1) is 0 Å². The van der Waals surface area contributed by atoms with Crippen molar-refractivity contribution in [2.45, 2.75) is 0 Å². The predicted octanol–water partition coefficient (Wildman–Crippen LogP) is -10.4. The molecule has 0 unspecified atom stereocenters. The molecule has 0 saturated heterocycles. The van der Waals surface area contributed by atoms with E-state index in [0.717, 1.165) is 0 Å². The van der Waals surface area contributed by atoms with Gasteiger partial charge < -0.3 is 24.4 Å². The molecule has 0 atom stereocenters. The van der Waals surface area contributed by atoms with Crippen molar-refractivity contribution < 1.29 is 179 Å². The first-order chi connectivity index (χ1) is 5.39. The van der Waals surface area contributed by atoms with Gasteiger partial charge in [-0.3, -0.25) is 0 Å². The van der Waals surface area contributed by atoms with Crippen LogP contribution in [-0.4, -0.2) is 5.11 Å². The molecule has 0 aliphatic heterocycles. The third-order valence-corrected chi connectivity index (χ3v) is 0.756. The van der Waals surface area contributed by atoms with Crippen LogP contribution in [0.3, 0.4) is 0 Å². The van der Waals surface area contributed by atoms with E-state index in [9.17, 15) is 0 Å². The van der Waals surface area contributed by atoms with Crippen molar-refractivity contribution in [3.05, 3.63) is 30.3 Å². The molecule has 5 nitrogen and oxygen atoms in total. The van der Waals surface area contributed by atoms with Crippen molar-refractivity contribution in [3.8, 4) is 5.75 Å². The fraction of sp³-hybridized carbons (Fsp3) is 0. The molecule has 1 aromatic carbocycles. The number of phosphoric acid groups is 1. The van der Waals surface area contributed by atoms with E-state index in [1.165, 1.54) is 0 Å². The van der Waals surface area contributed by atoms with Gasteiger partial charge in [0.1, 0.15) is 5.75 Å². The number of aromatic hydroxyl groups is 1. The van der Waals surface area contributed by atoms with Crippen molar-refractivity contribution in [3.63, 3.8) is 0 Å². The van der Waals surface area contributed by atoms with Gasteiger partial charge in [-0.15, -0.1) is 0 Å². The monoisotopic (exact) mass is 306 g/mol. The number of benzene rings is 1. The second-order valence-corrected chi connectivity index (χ2v) is 2.68. The van der Waals surface area contributed by atoms with Gasteiger partial charge in [0.15, 0.2) is 0 Å². The third-order valence-electron chi connectivity index (χ3n) is 0.756. The number of para-hydroxylation sites is 1. The first-order valence-electron chi connectivity index (χ1n) is 2.86. The molecule has 15 heavy (non-hydrogen) atoms. The Balaban J connectivity index is -0.0000000701. The molecule has 0 radical (unpaired) electrons. The van der Waals surface area contributed by atoms with Gasteiger partial charge in [0.05, 0.1) is 0 Å². The van der Waals surface area contributed by atoms with Crippen LogP contribution in [0.5, 0.6) is 5.75 Å². The third kappa shape index (κ3) is 32.0. The van der Waals surface area contributed by atoms with Crippen LogP contribution in [0.25, 0.3) is 0 Å². The summed E-state index contributed by atoms with van der Waals surface area (Å²) < 4.78 is 8.55. The van der Waals surface area contributed by atoms with Crippen LogP contribution in [0.2, 0.25) is 0 Å². The van der Waals surface area contributed by atoms with Crippen molar-refractivity contribution >= 4 is 7.82 Å². The van der Waals surface area contributed by atoms with Crippen LogP contribution in [0.4, 0.5) is 0 Å². The Bertz CT molecular complexity index is 256. The number of hydrogen-bond donors (Lipinski definition) is 1. The molecule has 0 fully saturated rings. The van der Waals surface area contributed by atoms with E-state index in [1.54, 1.807) is 24.3 Å². The van der Waals surface area contributed by atoms with Crippen LogP contribution in [0.15, 0.2) is 30.3 Å². The van der Waals surface area contributed by atoms with E-state index in [-0.39, 0.29) is 154 Å². The molecule has 0 saturated carbocycles. The average Bonchev–Trinajstić information content (AvgIpc) is 1.85. The summed E-state index contributed by atoms with van der Waals surface area (Å²) in [4.78, 5) is 25.6. The maximum atomic E-state index is 8.63. The molecule has 0 spiro atoms. The Hall–Kier alpha value is 4.04. The molecule has 0 aromatic heterocycles. The first-order valence-corrected chi connectivity index (χ1v) is 4.33. The van der Waals surface area contributed by atoms with Crippen LogP contribution >= 0.6 is 7.82 Å². The zero-order valence-electron chi connectivity index (χ0n) is 8.91. The Morgan fingerprint density at radius 3 is 1.33 bits per heavy atom. The van der Waals surface area contributed by atoms with E-state index >= 15 is 0 Å². The Labute approximate surface area is 216 Å². The number of phenolic OH excluding ortho intramolecular Hbond substituents is 1. The molecule has 0 heterocycles. The Kier molecular flexibility index (Phi) is 29.4. The van der Waals surface area contributed by atoms with E-state index in [1.807, 2.05) is 6.07 Å². The molecule has 1 aromatic rings. The van der Waals surface area contributed by atoms with Gasteiger partial charge in [-0.25, -0.2) is 0 Å². The van der Waals surface area contributed by atoms with Gasteiger partial charge in [0.25, 0.3) is 0 Å². The van der Waals surface area contributed by atoms with Crippen molar-refractivity contribution in [1.82, 2.24) is 0 Å². The smallest absolute Gasteiger partial charge is 0.822 e. The first kappa shape index (κ1) is 27.4. The second-order valence-electron chi connectivity index (χ2n) is 1.78. The fourth-order valence-electron chi connectivity index (χ4n) is 0.428. The topological polar surface area (TPSA) is 106 Å². The minimum absolute atomic E-state index is 0. The molecular weight excluding hydrogens is 300 g/mol. The van der Waals surface area contributed by atoms with Crippen LogP contribution < -0.4 is 169 Å². The molecule has 0 aliphatic carbocycles. The van der Waals surface area contributed by atoms with E-state index < -0.39 is 7.82 Å². The SMILES string of the molecule is O=P([O-])([O-])[O-].Oc1ccccc1.[K+].[K+].[K+]. The Morgan fingerprint density at radius 1 is 0.933 bits per heavy atom. The average molecular weight is 306 g/mol. The van der Waals surface area contributed by atoms with E-state index in [2.05, 4.69) is 0 Å². The minimum atomic E-state index is -5.39. The number of hydrogen-bond acceptors (Lipinski definition) is 5. The summed E-state index contributed by atoms with van der Waals surface area (Å²) >= 11 is 0. The van der Waals surface area contributed by atoms with Crippen LogP contribution in [0.1, 0.15) is 0 Å². The number of phenols is 1. The minimum Gasteiger partial charge on any atom is -0.822 e. The van der Waals surface area contributed by atoms with Crippen molar-refractivity contribution in [2.75, 3.05) is 0 Å². The molecule has 0 amide bonds. The summed E-state index contributed by atoms with van der Waals surface area (Å²) in [5, 5.41) is 8.63. The number of rotatable bonds is 0. The summed E-state index contributed by atoms with van der Waals surface area (Å²) in [5.74, 6) is 0.322. The second kappa shape index (κ2) is 16.1. The van der Waals surface area contributed by atoms with Gasteiger partial charge in [0, 0.05) is 0 Å². The van der Waals surface area contributed by atoms with E-state index in [4.69, 9.17) is 24.4 Å². The summed E-state index contributed by atoms with van der Waals surface area (Å²) in [6, 6.07) is 8.71. The van der Waals surface area contributed by atoms with E-state index in [0.29, 0.717) is 5.75 Å². The summed E-state index contributed by atoms with van der Waals surface area (Å²) in [7, 11) is -5.39. The maximum Gasteiger partial charge on any atom is 1.00 e. The predicted molar refractivity (Wildman–Crippen MR) is 35.7 cm³/mol. The van der Waals surface area contributed by atoms with Crippen molar-refractivity contribution in [2.24, 2.45) is 0 Å². The zero-order chi connectivity index (χ0) is 9.61. The summed E-state index contributed by atoms with van der Waals surface area (Å²) in [6.07, 6.45) is 0. The van der Waals surface area contributed by atoms with Crippen LogP contribution in [-0.2, 0) is 4.57 Å². The Morgan fingerprint density at radius 2 is 1.20 bits per heavy atom. The molecule has 9 heteroatoms. The largest absolute Gasteiger partial charge is 1.00 e. The quantitative estimate of drug-likeness (QED) is 0.378. The summed E-state index contributed by atoms with van der Waals surface area (Å²) in [5.41, 5.74) is 0. The molecule has 1 rings (SSSR count). The van der Waals surface area contributed by atoms with Gasteiger partial charge in [0.2, 0.25) is 0 Å². The standard InChI is InChI=1S/C6H6O.3K.H3O4P/c7-6-4-2-1-3-5-6;;;;1-5(2,3)4/h1-5,7H;;;;(H3,1,2,3,4)/q;3*+1;/p-3. The maximum absolute atomic E-state index is 8.63. The molecule has 0 aliphatic rings.